The number of carbonyl (C=O) groups excluding carboxylic acids is 1. The number of benzene rings is 2. The monoisotopic (exact) mass is 425 g/mol. The maximum Gasteiger partial charge on any atom is 0.258 e. The van der Waals surface area contributed by atoms with E-state index in [1.807, 2.05) is 13.0 Å². The van der Waals surface area contributed by atoms with Crippen LogP contribution in [-0.4, -0.2) is 42.2 Å². The number of ether oxygens (including phenoxy) is 1. The van der Waals surface area contributed by atoms with Crippen LogP contribution in [0, 0.1) is 18.6 Å². The molecule has 2 aromatic carbocycles. The van der Waals surface area contributed by atoms with E-state index in [0.717, 1.165) is 36.6 Å². The summed E-state index contributed by atoms with van der Waals surface area (Å²) in [6.07, 6.45) is 0. The van der Waals surface area contributed by atoms with Crippen LogP contribution in [0.15, 0.2) is 48.5 Å². The molecule has 0 radical (unpaired) electrons. The van der Waals surface area contributed by atoms with Crippen molar-refractivity contribution in [3.8, 4) is 0 Å². The predicted octanol–water partition coefficient (Wildman–Crippen LogP) is 3.90. The van der Waals surface area contributed by atoms with E-state index in [-0.39, 0.29) is 5.56 Å². The summed E-state index contributed by atoms with van der Waals surface area (Å²) in [5.41, 5.74) is 1.85. The summed E-state index contributed by atoms with van der Waals surface area (Å²) in [4.78, 5) is 23.4. The van der Waals surface area contributed by atoms with Gasteiger partial charge in [0.05, 0.1) is 18.8 Å². The number of hydrogen-bond acceptors (Lipinski definition) is 6. The number of nitrogens with zero attached hydrogens (tertiary/aromatic N) is 3. The van der Waals surface area contributed by atoms with Gasteiger partial charge < -0.3 is 20.3 Å². The SMILES string of the molecule is Cc1cc(Nc2ccc(NC(=O)c3ccc(F)cc3F)cc2)nc(N2CCOCC2)n1. The van der Waals surface area contributed by atoms with Crippen LogP contribution in [0.4, 0.5) is 31.9 Å². The molecule has 0 atom stereocenters. The second-order valence-electron chi connectivity index (χ2n) is 7.07. The Morgan fingerprint density at radius 2 is 1.71 bits per heavy atom. The molecule has 1 aliphatic heterocycles. The van der Waals surface area contributed by atoms with Crippen LogP contribution in [0.3, 0.4) is 0 Å². The molecule has 9 heteroatoms. The molecule has 31 heavy (non-hydrogen) atoms. The van der Waals surface area contributed by atoms with E-state index < -0.39 is 17.5 Å². The van der Waals surface area contributed by atoms with Crippen LogP contribution in [0.1, 0.15) is 16.1 Å². The normalized spacial score (nSPS) is 13.7. The van der Waals surface area contributed by atoms with Crippen molar-refractivity contribution < 1.29 is 18.3 Å². The average Bonchev–Trinajstić information content (AvgIpc) is 2.75. The van der Waals surface area contributed by atoms with Gasteiger partial charge in [0.1, 0.15) is 17.5 Å². The van der Waals surface area contributed by atoms with Gasteiger partial charge in [-0.3, -0.25) is 4.79 Å². The molecule has 0 spiro atoms. The Morgan fingerprint density at radius 3 is 2.42 bits per heavy atom. The molecule has 0 unspecified atom stereocenters. The zero-order valence-corrected chi connectivity index (χ0v) is 16.9. The second-order valence-corrected chi connectivity index (χ2v) is 7.07. The van der Waals surface area contributed by atoms with Crippen LogP contribution in [-0.2, 0) is 4.74 Å². The van der Waals surface area contributed by atoms with E-state index in [0.29, 0.717) is 36.7 Å². The fourth-order valence-electron chi connectivity index (χ4n) is 3.18. The third-order valence-electron chi connectivity index (χ3n) is 4.73. The van der Waals surface area contributed by atoms with E-state index in [9.17, 15) is 13.6 Å². The highest BCUT2D eigenvalue weighted by Gasteiger charge is 2.15. The van der Waals surface area contributed by atoms with Crippen molar-refractivity contribution in [1.82, 2.24) is 9.97 Å². The number of aryl methyl sites for hydroxylation is 1. The standard InChI is InChI=1S/C22H21F2N5O2/c1-14-12-20(28-22(25-14)29-8-10-31-11-9-29)26-16-3-5-17(6-4-16)27-21(30)18-7-2-15(23)13-19(18)24/h2-7,12-13H,8-11H2,1H3,(H,27,30)(H,25,26,28). The van der Waals surface area contributed by atoms with Gasteiger partial charge in [0.15, 0.2) is 0 Å². The summed E-state index contributed by atoms with van der Waals surface area (Å²) in [5, 5.41) is 5.83. The maximum atomic E-state index is 13.8. The highest BCUT2D eigenvalue weighted by atomic mass is 19.1. The lowest BCUT2D eigenvalue weighted by atomic mass is 10.2. The molecule has 1 aliphatic rings. The Bertz CT molecular complexity index is 1090. The number of aromatic nitrogens is 2. The molecule has 0 bridgehead atoms. The molecule has 2 heterocycles. The second kappa shape index (κ2) is 9.05. The highest BCUT2D eigenvalue weighted by molar-refractivity contribution is 6.04. The molecule has 4 rings (SSSR count). The summed E-state index contributed by atoms with van der Waals surface area (Å²) in [6, 6.07) is 11.6. The van der Waals surface area contributed by atoms with Gasteiger partial charge in [-0.15, -0.1) is 0 Å². The number of morpholine rings is 1. The molecule has 160 valence electrons. The minimum atomic E-state index is -0.911. The van der Waals surface area contributed by atoms with Gasteiger partial charge in [0, 0.05) is 42.3 Å². The van der Waals surface area contributed by atoms with Gasteiger partial charge >= 0.3 is 0 Å². The summed E-state index contributed by atoms with van der Waals surface area (Å²) >= 11 is 0. The predicted molar refractivity (Wildman–Crippen MR) is 114 cm³/mol. The van der Waals surface area contributed by atoms with Crippen molar-refractivity contribution in [2.45, 2.75) is 6.92 Å². The Labute approximate surface area is 178 Å². The topological polar surface area (TPSA) is 79.4 Å². The Morgan fingerprint density at radius 1 is 1.00 bits per heavy atom. The fourth-order valence-corrected chi connectivity index (χ4v) is 3.18. The molecular formula is C22H21F2N5O2. The summed E-state index contributed by atoms with van der Waals surface area (Å²) in [7, 11) is 0. The first-order valence-electron chi connectivity index (χ1n) is 9.80. The third kappa shape index (κ3) is 5.13. The van der Waals surface area contributed by atoms with Gasteiger partial charge in [-0.1, -0.05) is 0 Å². The van der Waals surface area contributed by atoms with Crippen LogP contribution < -0.4 is 15.5 Å². The van der Waals surface area contributed by atoms with E-state index in [2.05, 4.69) is 25.5 Å². The van der Waals surface area contributed by atoms with E-state index >= 15 is 0 Å². The lowest BCUT2D eigenvalue weighted by Crippen LogP contribution is -2.37. The molecule has 3 aromatic rings. The van der Waals surface area contributed by atoms with Crippen LogP contribution >= 0.6 is 0 Å². The quantitative estimate of drug-likeness (QED) is 0.646. The molecule has 7 nitrogen and oxygen atoms in total. The molecule has 0 aliphatic carbocycles. The lowest BCUT2D eigenvalue weighted by molar-refractivity contribution is 0.102. The minimum Gasteiger partial charge on any atom is -0.378 e. The van der Waals surface area contributed by atoms with E-state index in [1.165, 1.54) is 0 Å². The first-order chi connectivity index (χ1) is 15.0. The first kappa shape index (κ1) is 20.7. The lowest BCUT2D eigenvalue weighted by Gasteiger charge is -2.27. The van der Waals surface area contributed by atoms with Crippen molar-refractivity contribution in [2.24, 2.45) is 0 Å². The van der Waals surface area contributed by atoms with Crippen molar-refractivity contribution >= 4 is 29.0 Å². The fraction of sp³-hybridized carbons (Fsp3) is 0.227. The number of rotatable bonds is 5. The number of carbonyl (C=O) groups is 1. The van der Waals surface area contributed by atoms with Gasteiger partial charge in [-0.2, -0.15) is 4.98 Å². The number of amides is 1. The molecule has 2 N–H and O–H groups in total. The zero-order valence-electron chi connectivity index (χ0n) is 16.9. The van der Waals surface area contributed by atoms with Crippen LogP contribution in [0.25, 0.3) is 0 Å². The summed E-state index contributed by atoms with van der Waals surface area (Å²) in [6.45, 7) is 4.69. The van der Waals surface area contributed by atoms with Gasteiger partial charge in [-0.05, 0) is 43.3 Å². The smallest absolute Gasteiger partial charge is 0.258 e. The van der Waals surface area contributed by atoms with Gasteiger partial charge in [-0.25, -0.2) is 13.8 Å². The Hall–Kier alpha value is -3.59. The van der Waals surface area contributed by atoms with E-state index in [1.54, 1.807) is 24.3 Å². The number of halogens is 2. The van der Waals surface area contributed by atoms with E-state index in [4.69, 9.17) is 4.74 Å². The van der Waals surface area contributed by atoms with Crippen molar-refractivity contribution in [3.63, 3.8) is 0 Å². The molecule has 1 fully saturated rings. The summed E-state index contributed by atoms with van der Waals surface area (Å²) < 4.78 is 32.2. The largest absolute Gasteiger partial charge is 0.378 e. The Balaban J connectivity index is 1.44. The Kier molecular flexibility index (Phi) is 6.03. The molecule has 1 saturated heterocycles. The average molecular weight is 425 g/mol. The number of hydrogen-bond donors (Lipinski definition) is 2. The first-order valence-corrected chi connectivity index (χ1v) is 9.80. The minimum absolute atomic E-state index is 0.226. The van der Waals surface area contributed by atoms with Crippen LogP contribution in [0.2, 0.25) is 0 Å². The summed E-state index contributed by atoms with van der Waals surface area (Å²) in [5.74, 6) is -0.998. The maximum absolute atomic E-state index is 13.8. The highest BCUT2D eigenvalue weighted by Crippen LogP contribution is 2.21. The van der Waals surface area contributed by atoms with Crippen molar-refractivity contribution in [3.05, 3.63) is 71.4 Å². The van der Waals surface area contributed by atoms with Crippen LogP contribution in [0.5, 0.6) is 0 Å². The van der Waals surface area contributed by atoms with Gasteiger partial charge in [0.25, 0.3) is 5.91 Å². The van der Waals surface area contributed by atoms with Crippen molar-refractivity contribution in [1.29, 1.82) is 0 Å². The number of nitrogens with one attached hydrogen (secondary N) is 2. The zero-order chi connectivity index (χ0) is 21.8. The third-order valence-corrected chi connectivity index (χ3v) is 4.73. The molecule has 1 amide bonds. The van der Waals surface area contributed by atoms with Crippen molar-refractivity contribution in [2.75, 3.05) is 41.8 Å². The van der Waals surface area contributed by atoms with Gasteiger partial charge in [0.2, 0.25) is 5.95 Å². The molecular weight excluding hydrogens is 404 g/mol. The molecule has 0 saturated carbocycles. The molecule has 1 aromatic heterocycles. The number of anilines is 4.